The quantitative estimate of drug-likeness (QED) is 0.364. The number of hydrogen-bond acceptors (Lipinski definition) is 5. The first kappa shape index (κ1) is 20.2. The zero-order valence-electron chi connectivity index (χ0n) is 17.4. The summed E-state index contributed by atoms with van der Waals surface area (Å²) in [6.45, 7) is 5.91. The van der Waals surface area contributed by atoms with E-state index in [2.05, 4.69) is 41.5 Å². The van der Waals surface area contributed by atoms with Crippen LogP contribution < -0.4 is 5.32 Å². The summed E-state index contributed by atoms with van der Waals surface area (Å²) in [6.07, 6.45) is 0. The van der Waals surface area contributed by atoms with Gasteiger partial charge in [-0.3, -0.25) is 14.9 Å². The van der Waals surface area contributed by atoms with Gasteiger partial charge in [-0.15, -0.1) is 10.2 Å². The van der Waals surface area contributed by atoms with E-state index in [4.69, 9.17) is 0 Å². The van der Waals surface area contributed by atoms with Crippen LogP contribution in [0.5, 0.6) is 0 Å². The molecule has 1 N–H and O–H groups in total. The lowest BCUT2D eigenvalue weighted by Crippen LogP contribution is -2.12. The molecule has 0 bridgehead atoms. The maximum atomic E-state index is 12.6. The third-order valence-corrected chi connectivity index (χ3v) is 5.10. The van der Waals surface area contributed by atoms with Gasteiger partial charge in [0.1, 0.15) is 11.0 Å². The highest BCUT2D eigenvalue weighted by molar-refractivity contribution is 6.05. The van der Waals surface area contributed by atoms with Crippen molar-refractivity contribution in [3.05, 3.63) is 87.5 Å². The van der Waals surface area contributed by atoms with E-state index in [0.29, 0.717) is 28.2 Å². The van der Waals surface area contributed by atoms with E-state index in [-0.39, 0.29) is 11.3 Å². The minimum Gasteiger partial charge on any atom is -0.322 e. The molecule has 3 aromatic carbocycles. The van der Waals surface area contributed by atoms with Crippen molar-refractivity contribution in [2.24, 2.45) is 0 Å². The van der Waals surface area contributed by atoms with Crippen LogP contribution in [0.2, 0.25) is 0 Å². The van der Waals surface area contributed by atoms with Crippen LogP contribution in [0.4, 0.5) is 11.4 Å². The number of nitro benzene ring substituents is 1. The molecule has 1 heterocycles. The van der Waals surface area contributed by atoms with Gasteiger partial charge in [-0.2, -0.15) is 4.80 Å². The van der Waals surface area contributed by atoms with E-state index in [9.17, 15) is 14.9 Å². The SMILES string of the molecule is Cc1ccc(C(=O)Nc2ccc3nn(-c4ccc(C(C)C)cc4)nc3c2)cc1[N+](=O)[O-]. The highest BCUT2D eigenvalue weighted by Crippen LogP contribution is 2.22. The van der Waals surface area contributed by atoms with Gasteiger partial charge in [-0.25, -0.2) is 0 Å². The summed E-state index contributed by atoms with van der Waals surface area (Å²) in [7, 11) is 0. The zero-order valence-corrected chi connectivity index (χ0v) is 17.4. The third-order valence-electron chi connectivity index (χ3n) is 5.10. The predicted molar refractivity (Wildman–Crippen MR) is 119 cm³/mol. The lowest BCUT2D eigenvalue weighted by Gasteiger charge is -2.06. The molecule has 4 rings (SSSR count). The molecule has 156 valence electrons. The molecule has 0 saturated carbocycles. The molecule has 0 atom stereocenters. The van der Waals surface area contributed by atoms with Crippen molar-refractivity contribution < 1.29 is 9.72 Å². The summed E-state index contributed by atoms with van der Waals surface area (Å²) in [4.78, 5) is 24.8. The number of rotatable bonds is 5. The molecule has 0 aliphatic rings. The summed E-state index contributed by atoms with van der Waals surface area (Å²) in [5, 5.41) is 22.9. The Kier molecular flexibility index (Phi) is 5.21. The number of aryl methyl sites for hydroxylation is 1. The van der Waals surface area contributed by atoms with Gasteiger partial charge in [0, 0.05) is 22.9 Å². The number of aromatic nitrogens is 3. The molecule has 1 amide bonds. The van der Waals surface area contributed by atoms with Crippen molar-refractivity contribution in [3.63, 3.8) is 0 Å². The van der Waals surface area contributed by atoms with Crippen LogP contribution in [0.25, 0.3) is 16.7 Å². The number of benzene rings is 3. The van der Waals surface area contributed by atoms with Crippen LogP contribution in [0, 0.1) is 17.0 Å². The summed E-state index contributed by atoms with van der Waals surface area (Å²) in [6, 6.07) is 17.7. The van der Waals surface area contributed by atoms with Gasteiger partial charge in [0.05, 0.1) is 10.6 Å². The Labute approximate surface area is 178 Å². The minimum absolute atomic E-state index is 0.0884. The molecule has 8 heteroatoms. The molecule has 0 unspecified atom stereocenters. The predicted octanol–water partition coefficient (Wildman–Crippen LogP) is 5.01. The monoisotopic (exact) mass is 415 g/mol. The number of amides is 1. The molecule has 0 saturated heterocycles. The van der Waals surface area contributed by atoms with Crippen LogP contribution in [0.3, 0.4) is 0 Å². The molecule has 0 spiro atoms. The van der Waals surface area contributed by atoms with Crippen molar-refractivity contribution in [1.29, 1.82) is 0 Å². The molecule has 0 aliphatic heterocycles. The van der Waals surface area contributed by atoms with E-state index in [1.807, 2.05) is 12.1 Å². The second kappa shape index (κ2) is 7.98. The molecular formula is C23H21N5O3. The van der Waals surface area contributed by atoms with Gasteiger partial charge in [0.15, 0.2) is 0 Å². The van der Waals surface area contributed by atoms with Gasteiger partial charge in [0.2, 0.25) is 0 Å². The fraction of sp³-hybridized carbons (Fsp3) is 0.174. The fourth-order valence-corrected chi connectivity index (χ4v) is 3.25. The van der Waals surface area contributed by atoms with Crippen molar-refractivity contribution in [1.82, 2.24) is 15.0 Å². The molecule has 0 aliphatic carbocycles. The van der Waals surface area contributed by atoms with Gasteiger partial charge in [-0.1, -0.05) is 32.0 Å². The number of nitrogens with zero attached hydrogens (tertiary/aromatic N) is 4. The Hall–Kier alpha value is -4.07. The molecule has 0 radical (unpaired) electrons. The number of carbonyl (C=O) groups is 1. The van der Waals surface area contributed by atoms with Gasteiger partial charge >= 0.3 is 0 Å². The van der Waals surface area contributed by atoms with Gasteiger partial charge < -0.3 is 5.32 Å². The summed E-state index contributed by atoms with van der Waals surface area (Å²) in [5.41, 5.74) is 4.56. The number of nitrogens with one attached hydrogen (secondary N) is 1. The normalized spacial score (nSPS) is 11.1. The average molecular weight is 415 g/mol. The smallest absolute Gasteiger partial charge is 0.273 e. The third kappa shape index (κ3) is 4.13. The highest BCUT2D eigenvalue weighted by atomic mass is 16.6. The van der Waals surface area contributed by atoms with E-state index < -0.39 is 10.8 Å². The number of hydrogen-bond donors (Lipinski definition) is 1. The minimum atomic E-state index is -0.496. The van der Waals surface area contributed by atoms with Crippen LogP contribution in [0.1, 0.15) is 41.3 Å². The van der Waals surface area contributed by atoms with Gasteiger partial charge in [0.25, 0.3) is 11.6 Å². The van der Waals surface area contributed by atoms with E-state index in [0.717, 1.165) is 5.69 Å². The van der Waals surface area contributed by atoms with Crippen LogP contribution in [-0.4, -0.2) is 25.8 Å². The van der Waals surface area contributed by atoms with Crippen molar-refractivity contribution in [3.8, 4) is 5.69 Å². The number of anilines is 1. The van der Waals surface area contributed by atoms with Crippen molar-refractivity contribution in [2.45, 2.75) is 26.7 Å². The average Bonchev–Trinajstić information content (AvgIpc) is 3.17. The fourth-order valence-electron chi connectivity index (χ4n) is 3.25. The Bertz CT molecular complexity index is 1290. The maximum Gasteiger partial charge on any atom is 0.273 e. The number of carbonyl (C=O) groups excluding carboxylic acids is 1. The van der Waals surface area contributed by atoms with E-state index in [1.54, 1.807) is 42.1 Å². The highest BCUT2D eigenvalue weighted by Gasteiger charge is 2.15. The molecule has 4 aromatic rings. The molecule has 0 fully saturated rings. The van der Waals surface area contributed by atoms with Gasteiger partial charge in [-0.05, 0) is 54.8 Å². The maximum absolute atomic E-state index is 12.6. The summed E-state index contributed by atoms with van der Waals surface area (Å²) in [5.74, 6) is 0.0129. The number of fused-ring (bicyclic) bond motifs is 1. The summed E-state index contributed by atoms with van der Waals surface area (Å²) < 4.78 is 0. The van der Waals surface area contributed by atoms with Crippen LogP contribution in [-0.2, 0) is 0 Å². The Balaban J connectivity index is 1.58. The molecular weight excluding hydrogens is 394 g/mol. The first-order valence-electron chi connectivity index (χ1n) is 9.85. The first-order valence-corrected chi connectivity index (χ1v) is 9.85. The second-order valence-corrected chi connectivity index (χ2v) is 7.65. The Morgan fingerprint density at radius 1 is 1.00 bits per heavy atom. The van der Waals surface area contributed by atoms with E-state index in [1.165, 1.54) is 11.6 Å². The van der Waals surface area contributed by atoms with Crippen molar-refractivity contribution in [2.75, 3.05) is 5.32 Å². The van der Waals surface area contributed by atoms with Crippen molar-refractivity contribution >= 4 is 28.3 Å². The zero-order chi connectivity index (χ0) is 22.1. The lowest BCUT2D eigenvalue weighted by atomic mass is 10.0. The lowest BCUT2D eigenvalue weighted by molar-refractivity contribution is -0.385. The number of nitro groups is 1. The van der Waals surface area contributed by atoms with Crippen LogP contribution in [0.15, 0.2) is 60.7 Å². The molecule has 8 nitrogen and oxygen atoms in total. The molecule has 31 heavy (non-hydrogen) atoms. The Morgan fingerprint density at radius 3 is 2.39 bits per heavy atom. The second-order valence-electron chi connectivity index (χ2n) is 7.65. The largest absolute Gasteiger partial charge is 0.322 e. The summed E-state index contributed by atoms with van der Waals surface area (Å²) >= 11 is 0. The first-order chi connectivity index (χ1) is 14.8. The van der Waals surface area contributed by atoms with Crippen LogP contribution >= 0.6 is 0 Å². The Morgan fingerprint density at radius 2 is 1.71 bits per heavy atom. The van der Waals surface area contributed by atoms with E-state index >= 15 is 0 Å². The molecule has 1 aromatic heterocycles. The standard InChI is InChI=1S/C23H21N5O3/c1-14(2)16-6-9-19(10-7-16)27-25-20-11-8-18(13-21(20)26-27)24-23(29)17-5-4-15(3)22(12-17)28(30)31/h4-14H,1-3H3,(H,24,29). The topological polar surface area (TPSA) is 103 Å².